The van der Waals surface area contributed by atoms with Gasteiger partial charge in [0.05, 0.1) is 0 Å². The molecule has 1 aliphatic heterocycles. The highest BCUT2D eigenvalue weighted by Crippen LogP contribution is 2.29. The van der Waals surface area contributed by atoms with Gasteiger partial charge in [-0.3, -0.25) is 19.3 Å². The molecule has 4 rings (SSSR count). The summed E-state index contributed by atoms with van der Waals surface area (Å²) in [5, 5.41) is 4.59. The SMILES string of the molecule is O=C(CN1C(=O)c2cccc3cccc(c23)C1=O)Nc1cccc(Cl)c1. The second kappa shape index (κ2) is 6.28. The predicted octanol–water partition coefficient (Wildman–Crippen LogP) is 3.73. The average Bonchev–Trinajstić information content (AvgIpc) is 2.63. The van der Waals surface area contributed by atoms with E-state index in [1.54, 1.807) is 48.5 Å². The molecule has 1 N–H and O–H groups in total. The summed E-state index contributed by atoms with van der Waals surface area (Å²) in [5.74, 6) is -1.42. The summed E-state index contributed by atoms with van der Waals surface area (Å²) < 4.78 is 0. The molecule has 128 valence electrons. The van der Waals surface area contributed by atoms with E-state index in [1.165, 1.54) is 0 Å². The molecular formula is C20H13ClN2O3. The lowest BCUT2D eigenvalue weighted by Crippen LogP contribution is -2.44. The van der Waals surface area contributed by atoms with Crippen molar-refractivity contribution in [3.63, 3.8) is 0 Å². The molecule has 0 atom stereocenters. The Hall–Kier alpha value is -3.18. The zero-order valence-corrected chi connectivity index (χ0v) is 14.3. The molecule has 0 aromatic heterocycles. The van der Waals surface area contributed by atoms with E-state index in [1.807, 2.05) is 12.1 Å². The van der Waals surface area contributed by atoms with E-state index >= 15 is 0 Å². The fourth-order valence-corrected chi connectivity index (χ4v) is 3.32. The fourth-order valence-electron chi connectivity index (χ4n) is 3.13. The standard InChI is InChI=1S/C20H13ClN2O3/c21-13-6-3-7-14(10-13)22-17(24)11-23-19(25)15-8-1-4-12-5-2-9-16(18(12)15)20(23)26/h1-10H,11H2,(H,22,24). The Morgan fingerprint density at radius 2 is 1.54 bits per heavy atom. The Balaban J connectivity index is 1.63. The molecule has 5 nitrogen and oxygen atoms in total. The van der Waals surface area contributed by atoms with Crippen LogP contribution in [0.3, 0.4) is 0 Å². The number of nitrogens with one attached hydrogen (secondary N) is 1. The predicted molar refractivity (Wildman–Crippen MR) is 99.4 cm³/mol. The van der Waals surface area contributed by atoms with Crippen LogP contribution in [0.2, 0.25) is 5.02 Å². The summed E-state index contributed by atoms with van der Waals surface area (Å²) in [4.78, 5) is 38.8. The number of halogens is 1. The monoisotopic (exact) mass is 364 g/mol. The van der Waals surface area contributed by atoms with Gasteiger partial charge in [-0.15, -0.1) is 0 Å². The van der Waals surface area contributed by atoms with Crippen LogP contribution < -0.4 is 5.32 Å². The molecule has 6 heteroatoms. The van der Waals surface area contributed by atoms with Gasteiger partial charge in [-0.25, -0.2) is 0 Å². The number of carbonyl (C=O) groups excluding carboxylic acids is 3. The van der Waals surface area contributed by atoms with Crippen LogP contribution in [0.15, 0.2) is 60.7 Å². The van der Waals surface area contributed by atoms with Crippen LogP contribution >= 0.6 is 11.6 Å². The van der Waals surface area contributed by atoms with E-state index in [2.05, 4.69) is 5.32 Å². The molecule has 3 amide bonds. The summed E-state index contributed by atoms with van der Waals surface area (Å²) >= 11 is 5.90. The van der Waals surface area contributed by atoms with Crippen molar-refractivity contribution in [3.8, 4) is 0 Å². The summed E-state index contributed by atoms with van der Waals surface area (Å²) in [6.07, 6.45) is 0. The van der Waals surface area contributed by atoms with Gasteiger partial charge in [0.1, 0.15) is 6.54 Å². The third-order valence-electron chi connectivity index (χ3n) is 4.27. The summed E-state index contributed by atoms with van der Waals surface area (Å²) in [5.41, 5.74) is 1.35. The van der Waals surface area contributed by atoms with Gasteiger partial charge in [-0.1, -0.05) is 41.9 Å². The minimum Gasteiger partial charge on any atom is -0.324 e. The number of benzene rings is 3. The van der Waals surface area contributed by atoms with Gasteiger partial charge in [0.2, 0.25) is 5.91 Å². The molecule has 0 bridgehead atoms. The molecule has 0 saturated heterocycles. The Kier molecular flexibility index (Phi) is 3.93. The average molecular weight is 365 g/mol. The van der Waals surface area contributed by atoms with Crippen molar-refractivity contribution >= 4 is 45.8 Å². The molecule has 0 fully saturated rings. The highest BCUT2D eigenvalue weighted by atomic mass is 35.5. The highest BCUT2D eigenvalue weighted by molar-refractivity contribution is 6.31. The van der Waals surface area contributed by atoms with Crippen LogP contribution in [-0.2, 0) is 4.79 Å². The van der Waals surface area contributed by atoms with E-state index in [4.69, 9.17) is 11.6 Å². The maximum absolute atomic E-state index is 12.8. The Labute approximate surface area is 154 Å². The maximum Gasteiger partial charge on any atom is 0.261 e. The molecule has 1 heterocycles. The number of nitrogens with zero attached hydrogens (tertiary/aromatic N) is 1. The van der Waals surface area contributed by atoms with Crippen molar-refractivity contribution in [1.82, 2.24) is 4.90 Å². The maximum atomic E-state index is 12.8. The molecule has 3 aromatic carbocycles. The number of anilines is 1. The number of rotatable bonds is 3. The van der Waals surface area contributed by atoms with Crippen LogP contribution in [0.1, 0.15) is 20.7 Å². The van der Waals surface area contributed by atoms with E-state index < -0.39 is 17.7 Å². The third-order valence-corrected chi connectivity index (χ3v) is 4.50. The summed E-state index contributed by atoms with van der Waals surface area (Å²) in [6, 6.07) is 17.2. The Bertz CT molecular complexity index is 1030. The van der Waals surface area contributed by atoms with Gasteiger partial charge in [-0.05, 0) is 35.7 Å². The van der Waals surface area contributed by atoms with Crippen molar-refractivity contribution in [1.29, 1.82) is 0 Å². The first-order chi connectivity index (χ1) is 12.5. The largest absolute Gasteiger partial charge is 0.324 e. The highest BCUT2D eigenvalue weighted by Gasteiger charge is 2.33. The van der Waals surface area contributed by atoms with Crippen molar-refractivity contribution in [2.45, 2.75) is 0 Å². The quantitative estimate of drug-likeness (QED) is 0.720. The molecule has 3 aromatic rings. The normalized spacial score (nSPS) is 13.2. The molecule has 0 saturated carbocycles. The number of imide groups is 1. The van der Waals surface area contributed by atoms with E-state index in [-0.39, 0.29) is 6.54 Å². The Morgan fingerprint density at radius 3 is 2.15 bits per heavy atom. The van der Waals surface area contributed by atoms with Crippen LogP contribution in [-0.4, -0.2) is 29.2 Å². The molecule has 0 spiro atoms. The van der Waals surface area contributed by atoms with Gasteiger partial charge in [0.25, 0.3) is 11.8 Å². The number of carbonyl (C=O) groups is 3. The van der Waals surface area contributed by atoms with Crippen molar-refractivity contribution in [3.05, 3.63) is 76.8 Å². The first-order valence-electron chi connectivity index (χ1n) is 7.98. The summed E-state index contributed by atoms with van der Waals surface area (Å²) in [7, 11) is 0. The number of hydrogen-bond donors (Lipinski definition) is 1. The molecule has 26 heavy (non-hydrogen) atoms. The lowest BCUT2D eigenvalue weighted by Gasteiger charge is -2.26. The first-order valence-corrected chi connectivity index (χ1v) is 8.36. The van der Waals surface area contributed by atoms with Gasteiger partial charge >= 0.3 is 0 Å². The minimum absolute atomic E-state index is 0.366. The van der Waals surface area contributed by atoms with Crippen molar-refractivity contribution < 1.29 is 14.4 Å². The Morgan fingerprint density at radius 1 is 0.923 bits per heavy atom. The van der Waals surface area contributed by atoms with Crippen molar-refractivity contribution in [2.75, 3.05) is 11.9 Å². The molecule has 0 aliphatic carbocycles. The van der Waals surface area contributed by atoms with Crippen LogP contribution in [0.5, 0.6) is 0 Å². The molecule has 1 aliphatic rings. The van der Waals surface area contributed by atoms with E-state index in [9.17, 15) is 14.4 Å². The van der Waals surface area contributed by atoms with Crippen LogP contribution in [0.25, 0.3) is 10.8 Å². The second-order valence-electron chi connectivity index (χ2n) is 5.96. The minimum atomic E-state index is -0.472. The van der Waals surface area contributed by atoms with Crippen LogP contribution in [0, 0.1) is 0 Å². The molecule has 0 radical (unpaired) electrons. The first kappa shape index (κ1) is 16.3. The van der Waals surface area contributed by atoms with E-state index in [0.717, 1.165) is 10.3 Å². The lowest BCUT2D eigenvalue weighted by atomic mass is 9.94. The smallest absolute Gasteiger partial charge is 0.261 e. The summed E-state index contributed by atoms with van der Waals surface area (Å²) in [6.45, 7) is -0.366. The van der Waals surface area contributed by atoms with Gasteiger partial charge in [-0.2, -0.15) is 0 Å². The molecular weight excluding hydrogens is 352 g/mol. The van der Waals surface area contributed by atoms with Gasteiger partial charge < -0.3 is 5.32 Å². The van der Waals surface area contributed by atoms with E-state index in [0.29, 0.717) is 27.2 Å². The fraction of sp³-hybridized carbons (Fsp3) is 0.0500. The number of amides is 3. The zero-order valence-electron chi connectivity index (χ0n) is 13.5. The number of hydrogen-bond acceptors (Lipinski definition) is 3. The van der Waals surface area contributed by atoms with Gasteiger partial charge in [0, 0.05) is 27.2 Å². The van der Waals surface area contributed by atoms with Gasteiger partial charge in [0.15, 0.2) is 0 Å². The second-order valence-corrected chi connectivity index (χ2v) is 6.40. The van der Waals surface area contributed by atoms with Crippen molar-refractivity contribution in [2.24, 2.45) is 0 Å². The molecule has 0 unspecified atom stereocenters. The lowest BCUT2D eigenvalue weighted by molar-refractivity contribution is -0.116. The zero-order chi connectivity index (χ0) is 18.3. The topological polar surface area (TPSA) is 66.5 Å². The van der Waals surface area contributed by atoms with Crippen LogP contribution in [0.4, 0.5) is 5.69 Å². The third kappa shape index (κ3) is 2.72.